The van der Waals surface area contributed by atoms with Crippen molar-refractivity contribution in [2.45, 2.75) is 64.0 Å². The minimum Gasteiger partial charge on any atom is -0.353 e. The maximum absolute atomic E-state index is 11.9. The molecule has 92 valence electrons. The minimum absolute atomic E-state index is 0.197. The highest BCUT2D eigenvalue weighted by Gasteiger charge is 2.40. The maximum Gasteiger partial charge on any atom is 0.240 e. The zero-order chi connectivity index (χ0) is 11.6. The van der Waals surface area contributed by atoms with E-state index in [1.807, 2.05) is 0 Å². The zero-order valence-corrected chi connectivity index (χ0v) is 10.6. The molecule has 0 spiro atoms. The van der Waals surface area contributed by atoms with E-state index in [4.69, 9.17) is 0 Å². The van der Waals surface area contributed by atoms with Gasteiger partial charge < -0.3 is 5.32 Å². The van der Waals surface area contributed by atoms with Gasteiger partial charge in [-0.2, -0.15) is 0 Å². The fourth-order valence-corrected chi connectivity index (χ4v) is 3.12. The first-order valence-electron chi connectivity index (χ1n) is 6.67. The number of carbonyl (C=O) groups is 1. The van der Waals surface area contributed by atoms with Gasteiger partial charge in [0.15, 0.2) is 0 Å². The highest BCUT2D eigenvalue weighted by Crippen LogP contribution is 2.28. The number of rotatable bonds is 1. The van der Waals surface area contributed by atoms with Gasteiger partial charge in [0.2, 0.25) is 5.91 Å². The molecular weight excluding hydrogens is 200 g/mol. The number of hydrogen-bond donors (Lipinski definition) is 1. The molecule has 3 nitrogen and oxygen atoms in total. The van der Waals surface area contributed by atoms with Crippen LogP contribution in [-0.2, 0) is 4.79 Å². The molecule has 1 amide bonds. The monoisotopic (exact) mass is 224 g/mol. The highest BCUT2D eigenvalue weighted by molar-refractivity contribution is 5.86. The van der Waals surface area contributed by atoms with Crippen molar-refractivity contribution in [2.75, 3.05) is 13.1 Å². The predicted octanol–water partition coefficient (Wildman–Crippen LogP) is 1.92. The Morgan fingerprint density at radius 3 is 2.44 bits per heavy atom. The third kappa shape index (κ3) is 2.24. The Balaban J connectivity index is 2.08. The third-order valence-corrected chi connectivity index (χ3v) is 4.18. The Morgan fingerprint density at radius 2 is 1.81 bits per heavy atom. The molecule has 0 aromatic heterocycles. The Hall–Kier alpha value is -0.570. The second-order valence-electron chi connectivity index (χ2n) is 5.65. The van der Waals surface area contributed by atoms with Gasteiger partial charge in [-0.15, -0.1) is 0 Å². The summed E-state index contributed by atoms with van der Waals surface area (Å²) in [5.74, 6) is 0.197. The number of nitrogens with one attached hydrogen (secondary N) is 1. The lowest BCUT2D eigenvalue weighted by Gasteiger charge is -2.45. The van der Waals surface area contributed by atoms with Crippen molar-refractivity contribution >= 4 is 5.91 Å². The van der Waals surface area contributed by atoms with Gasteiger partial charge in [0.05, 0.1) is 5.54 Å². The summed E-state index contributed by atoms with van der Waals surface area (Å²) in [6.45, 7) is 5.96. The van der Waals surface area contributed by atoms with Crippen LogP contribution in [0, 0.1) is 0 Å². The van der Waals surface area contributed by atoms with Crippen LogP contribution in [-0.4, -0.2) is 35.5 Å². The summed E-state index contributed by atoms with van der Waals surface area (Å²) in [4.78, 5) is 14.3. The highest BCUT2D eigenvalue weighted by atomic mass is 16.2. The van der Waals surface area contributed by atoms with Crippen LogP contribution in [0.1, 0.15) is 52.4 Å². The SMILES string of the molecule is CC1(C)C(=O)NCCN1C1CCCCCC1. The number of amides is 1. The molecular formula is C13H24N2O. The van der Waals surface area contributed by atoms with Crippen LogP contribution in [0.15, 0.2) is 0 Å². The topological polar surface area (TPSA) is 32.3 Å². The summed E-state index contributed by atoms with van der Waals surface area (Å²) < 4.78 is 0. The molecule has 0 unspecified atom stereocenters. The molecule has 16 heavy (non-hydrogen) atoms. The summed E-state index contributed by atoms with van der Waals surface area (Å²) in [6, 6.07) is 0.628. The molecule has 2 aliphatic rings. The smallest absolute Gasteiger partial charge is 0.240 e. The fraction of sp³-hybridized carbons (Fsp3) is 0.923. The van der Waals surface area contributed by atoms with E-state index in [1.54, 1.807) is 0 Å². The lowest BCUT2D eigenvalue weighted by molar-refractivity contribution is -0.137. The predicted molar refractivity (Wildman–Crippen MR) is 65.3 cm³/mol. The van der Waals surface area contributed by atoms with E-state index in [0.717, 1.165) is 13.1 Å². The summed E-state index contributed by atoms with van der Waals surface area (Å²) in [6.07, 6.45) is 7.96. The van der Waals surface area contributed by atoms with Crippen LogP contribution in [0.5, 0.6) is 0 Å². The van der Waals surface area contributed by atoms with Gasteiger partial charge in [0.1, 0.15) is 0 Å². The first-order chi connectivity index (χ1) is 7.62. The van der Waals surface area contributed by atoms with Gasteiger partial charge in [-0.25, -0.2) is 0 Å². The van der Waals surface area contributed by atoms with Gasteiger partial charge in [-0.05, 0) is 26.7 Å². The lowest BCUT2D eigenvalue weighted by atomic mass is 9.93. The summed E-state index contributed by atoms with van der Waals surface area (Å²) in [7, 11) is 0. The van der Waals surface area contributed by atoms with Gasteiger partial charge in [-0.1, -0.05) is 25.7 Å². The van der Waals surface area contributed by atoms with Gasteiger partial charge in [0.25, 0.3) is 0 Å². The van der Waals surface area contributed by atoms with Crippen LogP contribution >= 0.6 is 0 Å². The van der Waals surface area contributed by atoms with Gasteiger partial charge in [0, 0.05) is 19.1 Å². The first-order valence-corrected chi connectivity index (χ1v) is 6.67. The summed E-state index contributed by atoms with van der Waals surface area (Å²) >= 11 is 0. The number of nitrogens with zero attached hydrogens (tertiary/aromatic N) is 1. The molecule has 3 heteroatoms. The van der Waals surface area contributed by atoms with Crippen LogP contribution < -0.4 is 5.32 Å². The molecule has 1 aliphatic heterocycles. The maximum atomic E-state index is 11.9. The van der Waals surface area contributed by atoms with E-state index in [9.17, 15) is 4.79 Å². The van der Waals surface area contributed by atoms with Crippen molar-refractivity contribution in [1.82, 2.24) is 10.2 Å². The van der Waals surface area contributed by atoms with Crippen molar-refractivity contribution in [3.63, 3.8) is 0 Å². The largest absolute Gasteiger partial charge is 0.353 e. The Morgan fingerprint density at radius 1 is 1.19 bits per heavy atom. The number of piperazine rings is 1. The average molecular weight is 224 g/mol. The molecule has 1 saturated carbocycles. The molecule has 2 rings (SSSR count). The lowest BCUT2D eigenvalue weighted by Crippen LogP contribution is -2.64. The second-order valence-corrected chi connectivity index (χ2v) is 5.65. The van der Waals surface area contributed by atoms with Crippen LogP contribution in [0.2, 0.25) is 0 Å². The van der Waals surface area contributed by atoms with Crippen LogP contribution in [0.3, 0.4) is 0 Å². The van der Waals surface area contributed by atoms with E-state index < -0.39 is 0 Å². The molecule has 1 saturated heterocycles. The standard InChI is InChI=1S/C13H24N2O/c1-13(2)12(16)14-9-10-15(13)11-7-5-3-4-6-8-11/h11H,3-10H2,1-2H3,(H,14,16). The molecule has 0 atom stereocenters. The second kappa shape index (κ2) is 4.74. The van der Waals surface area contributed by atoms with Crippen molar-refractivity contribution in [3.8, 4) is 0 Å². The minimum atomic E-state index is -0.312. The number of carbonyl (C=O) groups excluding carboxylic acids is 1. The van der Waals surface area contributed by atoms with Crippen LogP contribution in [0.25, 0.3) is 0 Å². The van der Waals surface area contributed by atoms with E-state index in [1.165, 1.54) is 38.5 Å². The van der Waals surface area contributed by atoms with E-state index in [0.29, 0.717) is 6.04 Å². The van der Waals surface area contributed by atoms with Crippen molar-refractivity contribution in [2.24, 2.45) is 0 Å². The Bertz CT molecular complexity index is 255. The van der Waals surface area contributed by atoms with Crippen molar-refractivity contribution < 1.29 is 4.79 Å². The molecule has 0 aromatic carbocycles. The zero-order valence-electron chi connectivity index (χ0n) is 10.6. The van der Waals surface area contributed by atoms with Crippen molar-refractivity contribution in [1.29, 1.82) is 0 Å². The van der Waals surface area contributed by atoms with Crippen molar-refractivity contribution in [3.05, 3.63) is 0 Å². The quantitative estimate of drug-likeness (QED) is 0.690. The first kappa shape index (κ1) is 11.9. The molecule has 1 aliphatic carbocycles. The van der Waals surface area contributed by atoms with E-state index >= 15 is 0 Å². The van der Waals surface area contributed by atoms with Gasteiger partial charge >= 0.3 is 0 Å². The Kier molecular flexibility index (Phi) is 3.53. The molecule has 1 heterocycles. The van der Waals surface area contributed by atoms with Gasteiger partial charge in [-0.3, -0.25) is 9.69 Å². The molecule has 1 N–H and O–H groups in total. The van der Waals surface area contributed by atoms with E-state index in [-0.39, 0.29) is 11.4 Å². The molecule has 2 fully saturated rings. The fourth-order valence-electron chi connectivity index (χ4n) is 3.12. The third-order valence-electron chi connectivity index (χ3n) is 4.18. The normalized spacial score (nSPS) is 28.5. The average Bonchev–Trinajstić information content (AvgIpc) is 2.50. The Labute approximate surface area is 98.6 Å². The molecule has 0 radical (unpaired) electrons. The number of hydrogen-bond acceptors (Lipinski definition) is 2. The summed E-state index contributed by atoms with van der Waals surface area (Å²) in [5, 5.41) is 2.98. The van der Waals surface area contributed by atoms with E-state index in [2.05, 4.69) is 24.1 Å². The van der Waals surface area contributed by atoms with Crippen LogP contribution in [0.4, 0.5) is 0 Å². The molecule has 0 aromatic rings. The molecule has 0 bridgehead atoms. The summed E-state index contributed by atoms with van der Waals surface area (Å²) in [5.41, 5.74) is -0.312.